The molecule has 0 saturated carbocycles. The lowest BCUT2D eigenvalue weighted by atomic mass is 9.95. The molecule has 2 aromatic carbocycles. The van der Waals surface area contributed by atoms with Gasteiger partial charge in [0.2, 0.25) is 5.78 Å². The summed E-state index contributed by atoms with van der Waals surface area (Å²) in [5.74, 6) is -0.285. The Balaban J connectivity index is 1.70. The average molecular weight is 535 g/mol. The van der Waals surface area contributed by atoms with Crippen molar-refractivity contribution in [3.8, 4) is 11.5 Å². The highest BCUT2D eigenvalue weighted by molar-refractivity contribution is 7.12. The van der Waals surface area contributed by atoms with Gasteiger partial charge in [-0.1, -0.05) is 56.3 Å². The van der Waals surface area contributed by atoms with E-state index in [-0.39, 0.29) is 11.4 Å². The maximum atomic E-state index is 13.5. The van der Waals surface area contributed by atoms with E-state index in [1.165, 1.54) is 11.3 Å². The summed E-state index contributed by atoms with van der Waals surface area (Å²) in [4.78, 5) is 31.1. The molecule has 0 saturated heterocycles. The lowest BCUT2D eigenvalue weighted by molar-refractivity contribution is -0.129. The second kappa shape index (κ2) is 12.8. The molecule has 1 aromatic heterocycles. The first-order chi connectivity index (χ1) is 18.5. The SMILES string of the molecule is CCOc1cc(C2C(C(=O)c3cccs3)=C(O)C(=O)N2CCN(CC)CC)ccc1OCc1ccccc1. The molecule has 1 amide bonds. The molecule has 1 atom stereocenters. The number of amides is 1. The fraction of sp³-hybridized carbons (Fsp3) is 0.333. The summed E-state index contributed by atoms with van der Waals surface area (Å²) in [7, 11) is 0. The van der Waals surface area contributed by atoms with Gasteiger partial charge in [-0.3, -0.25) is 9.59 Å². The molecule has 4 rings (SSSR count). The van der Waals surface area contributed by atoms with Crippen LogP contribution in [0, 0.1) is 0 Å². The Labute approximate surface area is 227 Å². The number of ether oxygens (including phenoxy) is 2. The van der Waals surface area contributed by atoms with Crippen molar-refractivity contribution >= 4 is 23.0 Å². The Morgan fingerprint density at radius 2 is 1.76 bits per heavy atom. The van der Waals surface area contributed by atoms with Gasteiger partial charge in [0.25, 0.3) is 5.91 Å². The van der Waals surface area contributed by atoms with Crippen molar-refractivity contribution < 1.29 is 24.2 Å². The molecular formula is C30H34N2O5S. The van der Waals surface area contributed by atoms with Crippen molar-refractivity contribution in [2.75, 3.05) is 32.8 Å². The number of benzene rings is 2. The molecule has 38 heavy (non-hydrogen) atoms. The zero-order valence-corrected chi connectivity index (χ0v) is 22.9. The summed E-state index contributed by atoms with van der Waals surface area (Å²) in [6, 6.07) is 18.1. The first kappa shape index (κ1) is 27.4. The van der Waals surface area contributed by atoms with Crippen molar-refractivity contribution in [1.82, 2.24) is 9.80 Å². The second-order valence-electron chi connectivity index (χ2n) is 8.91. The number of thiophene rings is 1. The van der Waals surface area contributed by atoms with Crippen LogP contribution in [0.5, 0.6) is 11.5 Å². The molecule has 0 fully saturated rings. The maximum Gasteiger partial charge on any atom is 0.290 e. The fourth-order valence-electron chi connectivity index (χ4n) is 4.61. The third-order valence-electron chi connectivity index (χ3n) is 6.67. The van der Waals surface area contributed by atoms with Gasteiger partial charge in [-0.05, 0) is 54.7 Å². The highest BCUT2D eigenvalue weighted by Gasteiger charge is 2.44. The van der Waals surface area contributed by atoms with Crippen LogP contribution in [0.25, 0.3) is 0 Å². The van der Waals surface area contributed by atoms with Crippen LogP contribution >= 0.6 is 11.3 Å². The molecule has 1 N–H and O–H groups in total. The van der Waals surface area contributed by atoms with Gasteiger partial charge >= 0.3 is 0 Å². The normalized spacial score (nSPS) is 15.4. The van der Waals surface area contributed by atoms with Crippen molar-refractivity contribution in [2.45, 2.75) is 33.4 Å². The summed E-state index contributed by atoms with van der Waals surface area (Å²) in [5, 5.41) is 12.8. The van der Waals surface area contributed by atoms with Gasteiger partial charge in [0.1, 0.15) is 6.61 Å². The minimum Gasteiger partial charge on any atom is -0.503 e. The second-order valence-corrected chi connectivity index (χ2v) is 9.86. The smallest absolute Gasteiger partial charge is 0.290 e. The third kappa shape index (κ3) is 5.92. The van der Waals surface area contributed by atoms with E-state index in [1.807, 2.05) is 49.4 Å². The predicted molar refractivity (Wildman–Crippen MR) is 149 cm³/mol. The summed E-state index contributed by atoms with van der Waals surface area (Å²) in [5.41, 5.74) is 1.80. The molecule has 7 nitrogen and oxygen atoms in total. The van der Waals surface area contributed by atoms with E-state index >= 15 is 0 Å². The lowest BCUT2D eigenvalue weighted by Gasteiger charge is -2.29. The van der Waals surface area contributed by atoms with Crippen molar-refractivity contribution in [1.29, 1.82) is 0 Å². The zero-order valence-electron chi connectivity index (χ0n) is 22.1. The van der Waals surface area contributed by atoms with Crippen molar-refractivity contribution in [3.63, 3.8) is 0 Å². The quantitative estimate of drug-likeness (QED) is 0.286. The lowest BCUT2D eigenvalue weighted by Crippen LogP contribution is -2.38. The largest absolute Gasteiger partial charge is 0.503 e. The monoisotopic (exact) mass is 534 g/mol. The number of aliphatic hydroxyl groups is 1. The molecule has 0 aliphatic carbocycles. The van der Waals surface area contributed by atoms with Gasteiger partial charge in [-0.15, -0.1) is 11.3 Å². The number of likely N-dealkylation sites (N-methyl/N-ethyl adjacent to an activating group) is 1. The van der Waals surface area contributed by atoms with Gasteiger partial charge in [-0.2, -0.15) is 0 Å². The number of carbonyl (C=O) groups excluding carboxylic acids is 2. The van der Waals surface area contributed by atoms with Crippen molar-refractivity contribution in [3.05, 3.63) is 93.4 Å². The van der Waals surface area contributed by atoms with Crippen LogP contribution in [0.1, 0.15) is 47.6 Å². The average Bonchev–Trinajstić information content (AvgIpc) is 3.56. The summed E-state index contributed by atoms with van der Waals surface area (Å²) in [6.07, 6.45) is 0. The molecule has 1 aliphatic heterocycles. The zero-order chi connectivity index (χ0) is 27.1. The van der Waals surface area contributed by atoms with Gasteiger partial charge in [0, 0.05) is 13.1 Å². The Hall–Kier alpha value is -3.62. The number of nitrogens with zero attached hydrogens (tertiary/aromatic N) is 2. The highest BCUT2D eigenvalue weighted by Crippen LogP contribution is 2.42. The molecule has 0 bridgehead atoms. The summed E-state index contributed by atoms with van der Waals surface area (Å²) >= 11 is 1.29. The van der Waals surface area contributed by atoms with Crippen LogP contribution in [0.15, 0.2) is 77.4 Å². The predicted octanol–water partition coefficient (Wildman–Crippen LogP) is 5.65. The van der Waals surface area contributed by atoms with Crippen molar-refractivity contribution in [2.24, 2.45) is 0 Å². The summed E-state index contributed by atoms with van der Waals surface area (Å²) < 4.78 is 12.0. The standard InChI is InChI=1S/C30H34N2O5S/c1-4-31(5-2)16-17-32-27(26(29(34)30(32)35)28(33)25-13-10-18-38-25)22-14-15-23(24(19-22)36-6-3)37-20-21-11-8-7-9-12-21/h7-15,18-19,27,34H,4-6,16-17,20H2,1-3H3. The van der Waals surface area contributed by atoms with Crippen LogP contribution in [-0.2, 0) is 11.4 Å². The molecule has 0 spiro atoms. The Morgan fingerprint density at radius 3 is 2.42 bits per heavy atom. The van der Waals surface area contributed by atoms with E-state index in [0.717, 1.165) is 18.7 Å². The molecule has 8 heteroatoms. The molecule has 2 heterocycles. The first-order valence-corrected chi connectivity index (χ1v) is 13.8. The first-order valence-electron chi connectivity index (χ1n) is 13.0. The molecule has 1 aliphatic rings. The van der Waals surface area contributed by atoms with E-state index < -0.39 is 17.7 Å². The van der Waals surface area contributed by atoms with Gasteiger partial charge in [-0.25, -0.2) is 0 Å². The molecule has 1 unspecified atom stereocenters. The highest BCUT2D eigenvalue weighted by atomic mass is 32.1. The number of hydrogen-bond acceptors (Lipinski definition) is 7. The minimum absolute atomic E-state index is 0.0948. The maximum absolute atomic E-state index is 13.5. The van der Waals surface area contributed by atoms with Gasteiger partial charge in [0.15, 0.2) is 17.3 Å². The number of hydrogen-bond donors (Lipinski definition) is 1. The minimum atomic E-state index is -0.741. The summed E-state index contributed by atoms with van der Waals surface area (Å²) in [6.45, 7) is 9.49. The van der Waals surface area contributed by atoms with Crippen LogP contribution in [0.3, 0.4) is 0 Å². The Bertz CT molecular complexity index is 1270. The van der Waals surface area contributed by atoms with Gasteiger partial charge in [0.05, 0.1) is 23.1 Å². The van der Waals surface area contributed by atoms with Crippen LogP contribution < -0.4 is 9.47 Å². The number of aliphatic hydroxyl groups excluding tert-OH is 1. The number of carbonyl (C=O) groups is 2. The van der Waals surface area contributed by atoms with Crippen LogP contribution in [-0.4, -0.2) is 59.4 Å². The van der Waals surface area contributed by atoms with Crippen LogP contribution in [0.4, 0.5) is 0 Å². The van der Waals surface area contributed by atoms with E-state index in [9.17, 15) is 14.7 Å². The third-order valence-corrected chi connectivity index (χ3v) is 7.53. The Kier molecular flexibility index (Phi) is 9.20. The topological polar surface area (TPSA) is 79.3 Å². The van der Waals surface area contributed by atoms with E-state index in [0.29, 0.717) is 48.2 Å². The number of Topliss-reactive ketones (excluding diaryl/α,β-unsaturated/α-hetero) is 1. The number of rotatable bonds is 13. The molecule has 200 valence electrons. The molecule has 0 radical (unpaired) electrons. The molecular weight excluding hydrogens is 500 g/mol. The van der Waals surface area contributed by atoms with Gasteiger partial charge < -0.3 is 24.4 Å². The fourth-order valence-corrected chi connectivity index (χ4v) is 5.29. The van der Waals surface area contributed by atoms with E-state index in [4.69, 9.17) is 9.47 Å². The number of ketones is 1. The van der Waals surface area contributed by atoms with Crippen LogP contribution in [0.2, 0.25) is 0 Å². The van der Waals surface area contributed by atoms with E-state index in [1.54, 1.807) is 28.5 Å². The molecule has 3 aromatic rings. The Morgan fingerprint density at radius 1 is 1.00 bits per heavy atom. The van der Waals surface area contributed by atoms with E-state index in [2.05, 4.69) is 18.7 Å².